The molecule has 0 aliphatic heterocycles. The van der Waals surface area contributed by atoms with Gasteiger partial charge in [0.25, 0.3) is 10.0 Å². The summed E-state index contributed by atoms with van der Waals surface area (Å²) in [5.74, 6) is -0.851. The molecule has 208 valence electrons. The average Bonchev–Trinajstić information content (AvgIpc) is 2.86. The first-order valence-electron chi connectivity index (χ1n) is 12.5. The van der Waals surface area contributed by atoms with E-state index in [0.29, 0.717) is 16.5 Å². The van der Waals surface area contributed by atoms with Crippen LogP contribution < -0.4 is 9.62 Å². The van der Waals surface area contributed by atoms with Crippen LogP contribution in [0.15, 0.2) is 83.8 Å². The Hall–Kier alpha value is -3.07. The highest BCUT2D eigenvalue weighted by Gasteiger charge is 2.34. The Morgan fingerprint density at radius 3 is 2.10 bits per heavy atom. The number of hydrogen-bond acceptors (Lipinski definition) is 4. The normalized spacial score (nSPS) is 12.5. The molecule has 0 radical (unpaired) electrons. The van der Waals surface area contributed by atoms with Crippen molar-refractivity contribution in [1.82, 2.24) is 10.2 Å². The SMILES string of the molecule is CCC(C(=O)NC(C)(C)C)N(Cc1ccccc1)C(=O)CN(c1cccc(Cl)c1)S(=O)(=O)c1ccc(Cl)cc1. The molecule has 0 aliphatic carbocycles. The van der Waals surface area contributed by atoms with E-state index in [0.717, 1.165) is 9.87 Å². The molecule has 0 fully saturated rings. The van der Waals surface area contributed by atoms with Crippen molar-refractivity contribution in [3.63, 3.8) is 0 Å². The van der Waals surface area contributed by atoms with E-state index in [9.17, 15) is 18.0 Å². The standard InChI is InChI=1S/C29H33Cl2N3O4S/c1-5-26(28(36)32-29(2,3)4)33(19-21-10-7-6-8-11-21)27(35)20-34(24-13-9-12-23(31)18-24)39(37,38)25-16-14-22(30)15-17-25/h6-18,26H,5,19-20H2,1-4H3,(H,32,36). The molecule has 10 heteroatoms. The number of sulfonamides is 1. The molecule has 0 aromatic heterocycles. The molecule has 3 rings (SSSR count). The smallest absolute Gasteiger partial charge is 0.264 e. The van der Waals surface area contributed by atoms with Crippen molar-refractivity contribution in [2.24, 2.45) is 0 Å². The zero-order chi connectivity index (χ0) is 28.8. The van der Waals surface area contributed by atoms with Gasteiger partial charge in [-0.1, -0.05) is 66.5 Å². The fraction of sp³-hybridized carbons (Fsp3) is 0.310. The van der Waals surface area contributed by atoms with E-state index >= 15 is 0 Å². The number of carbonyl (C=O) groups excluding carboxylic acids is 2. The predicted molar refractivity (Wildman–Crippen MR) is 156 cm³/mol. The molecule has 0 heterocycles. The monoisotopic (exact) mass is 589 g/mol. The highest BCUT2D eigenvalue weighted by atomic mass is 35.5. The molecule has 0 saturated heterocycles. The number of anilines is 1. The zero-order valence-corrected chi connectivity index (χ0v) is 24.7. The molecule has 0 bridgehead atoms. The fourth-order valence-electron chi connectivity index (χ4n) is 4.05. The highest BCUT2D eigenvalue weighted by molar-refractivity contribution is 7.92. The van der Waals surface area contributed by atoms with Crippen LogP contribution in [0.4, 0.5) is 5.69 Å². The Morgan fingerprint density at radius 2 is 1.54 bits per heavy atom. The van der Waals surface area contributed by atoms with Gasteiger partial charge in [0.2, 0.25) is 11.8 Å². The number of carbonyl (C=O) groups is 2. The van der Waals surface area contributed by atoms with Gasteiger partial charge in [0.1, 0.15) is 12.6 Å². The van der Waals surface area contributed by atoms with Gasteiger partial charge in [0.05, 0.1) is 10.6 Å². The number of halogens is 2. The van der Waals surface area contributed by atoms with E-state index in [1.807, 2.05) is 58.0 Å². The molecular weight excluding hydrogens is 557 g/mol. The van der Waals surface area contributed by atoms with Crippen LogP contribution in [0.1, 0.15) is 39.7 Å². The van der Waals surface area contributed by atoms with Crippen molar-refractivity contribution >= 4 is 50.7 Å². The second kappa shape index (κ2) is 12.9. The summed E-state index contributed by atoms with van der Waals surface area (Å²) < 4.78 is 28.7. The molecule has 7 nitrogen and oxygen atoms in total. The van der Waals surface area contributed by atoms with Crippen molar-refractivity contribution in [1.29, 1.82) is 0 Å². The van der Waals surface area contributed by atoms with Crippen LogP contribution >= 0.6 is 23.2 Å². The molecule has 0 spiro atoms. The third-order valence-electron chi connectivity index (χ3n) is 5.86. The van der Waals surface area contributed by atoms with Crippen LogP contribution in [0, 0.1) is 0 Å². The van der Waals surface area contributed by atoms with E-state index in [-0.39, 0.29) is 23.0 Å². The van der Waals surface area contributed by atoms with E-state index in [4.69, 9.17) is 23.2 Å². The second-order valence-electron chi connectivity index (χ2n) is 10.1. The van der Waals surface area contributed by atoms with Gasteiger partial charge >= 0.3 is 0 Å². The molecule has 39 heavy (non-hydrogen) atoms. The molecule has 3 aromatic carbocycles. The summed E-state index contributed by atoms with van der Waals surface area (Å²) in [6, 6.07) is 20.4. The molecule has 0 saturated carbocycles. The van der Waals surface area contributed by atoms with Gasteiger partial charge in [-0.3, -0.25) is 13.9 Å². The maximum absolute atomic E-state index is 14.0. The average molecular weight is 591 g/mol. The molecule has 1 N–H and O–H groups in total. The number of rotatable bonds is 10. The van der Waals surface area contributed by atoms with Crippen LogP contribution in [0.5, 0.6) is 0 Å². The third kappa shape index (κ3) is 8.21. The second-order valence-corrected chi connectivity index (χ2v) is 12.9. The molecule has 1 atom stereocenters. The topological polar surface area (TPSA) is 86.8 Å². The molecule has 1 unspecified atom stereocenters. The van der Waals surface area contributed by atoms with Crippen molar-refractivity contribution in [2.45, 2.75) is 57.1 Å². The van der Waals surface area contributed by atoms with Gasteiger partial charge < -0.3 is 10.2 Å². The largest absolute Gasteiger partial charge is 0.350 e. The third-order valence-corrected chi connectivity index (χ3v) is 8.13. The predicted octanol–water partition coefficient (Wildman–Crippen LogP) is 5.91. The summed E-state index contributed by atoms with van der Waals surface area (Å²) in [4.78, 5) is 28.7. The van der Waals surface area contributed by atoms with Crippen LogP contribution in [-0.4, -0.2) is 43.3 Å². The van der Waals surface area contributed by atoms with Crippen molar-refractivity contribution in [3.8, 4) is 0 Å². The number of nitrogens with zero attached hydrogens (tertiary/aromatic N) is 2. The lowest BCUT2D eigenvalue weighted by atomic mass is 10.1. The van der Waals surface area contributed by atoms with Crippen molar-refractivity contribution < 1.29 is 18.0 Å². The molecule has 2 amide bonds. The first-order chi connectivity index (χ1) is 18.3. The van der Waals surface area contributed by atoms with Crippen molar-refractivity contribution in [3.05, 3.63) is 94.5 Å². The van der Waals surface area contributed by atoms with Gasteiger partial charge in [-0.25, -0.2) is 8.42 Å². The maximum atomic E-state index is 14.0. The van der Waals surface area contributed by atoms with Crippen LogP contribution in [0.2, 0.25) is 10.0 Å². The number of nitrogens with one attached hydrogen (secondary N) is 1. The lowest BCUT2D eigenvalue weighted by Crippen LogP contribution is -2.55. The summed E-state index contributed by atoms with van der Waals surface area (Å²) in [6.07, 6.45) is 0.335. The Morgan fingerprint density at radius 1 is 0.897 bits per heavy atom. The molecule has 3 aromatic rings. The van der Waals surface area contributed by atoms with Crippen molar-refractivity contribution in [2.75, 3.05) is 10.8 Å². The van der Waals surface area contributed by atoms with E-state index in [1.165, 1.54) is 35.2 Å². The highest BCUT2D eigenvalue weighted by Crippen LogP contribution is 2.27. The van der Waals surface area contributed by atoms with E-state index < -0.39 is 34.1 Å². The number of hydrogen-bond donors (Lipinski definition) is 1. The Balaban J connectivity index is 2.06. The fourth-order valence-corrected chi connectivity index (χ4v) is 5.76. The van der Waals surface area contributed by atoms with Crippen LogP contribution in [0.25, 0.3) is 0 Å². The minimum atomic E-state index is -4.20. The van der Waals surface area contributed by atoms with Gasteiger partial charge in [-0.2, -0.15) is 0 Å². The zero-order valence-electron chi connectivity index (χ0n) is 22.4. The molecular formula is C29H33Cl2N3O4S. The van der Waals surface area contributed by atoms with Crippen LogP contribution in [-0.2, 0) is 26.2 Å². The van der Waals surface area contributed by atoms with Gasteiger partial charge in [0.15, 0.2) is 0 Å². The summed E-state index contributed by atoms with van der Waals surface area (Å²) in [7, 11) is -4.20. The quantitative estimate of drug-likeness (QED) is 0.318. The minimum Gasteiger partial charge on any atom is -0.350 e. The summed E-state index contributed by atoms with van der Waals surface area (Å²) in [5.41, 5.74) is 0.511. The first kappa shape index (κ1) is 30.5. The van der Waals surface area contributed by atoms with Crippen LogP contribution in [0.3, 0.4) is 0 Å². The van der Waals surface area contributed by atoms with E-state index in [2.05, 4.69) is 5.32 Å². The van der Waals surface area contributed by atoms with E-state index in [1.54, 1.807) is 18.2 Å². The Bertz CT molecular complexity index is 1390. The first-order valence-corrected chi connectivity index (χ1v) is 14.7. The lowest BCUT2D eigenvalue weighted by molar-refractivity contribution is -0.141. The minimum absolute atomic E-state index is 0.0354. The Kier molecular flexibility index (Phi) is 10.0. The van der Waals surface area contributed by atoms with Gasteiger partial charge in [0, 0.05) is 22.1 Å². The maximum Gasteiger partial charge on any atom is 0.264 e. The summed E-state index contributed by atoms with van der Waals surface area (Å²) >= 11 is 12.2. The van der Waals surface area contributed by atoms with Gasteiger partial charge in [-0.05, 0) is 75.2 Å². The number of amides is 2. The summed E-state index contributed by atoms with van der Waals surface area (Å²) in [5, 5.41) is 3.64. The summed E-state index contributed by atoms with van der Waals surface area (Å²) in [6.45, 7) is 6.98. The Labute approximate surface area is 240 Å². The van der Waals surface area contributed by atoms with Gasteiger partial charge in [-0.15, -0.1) is 0 Å². The number of benzene rings is 3. The lowest BCUT2D eigenvalue weighted by Gasteiger charge is -2.34. The molecule has 0 aliphatic rings.